The Balaban J connectivity index is 1.40. The fourth-order valence-corrected chi connectivity index (χ4v) is 5.55. The summed E-state index contributed by atoms with van der Waals surface area (Å²) in [6.45, 7) is 9.60. The monoisotopic (exact) mass is 538 g/mol. The average molecular weight is 539 g/mol. The van der Waals surface area contributed by atoms with Crippen molar-refractivity contribution >= 4 is 45.7 Å². The van der Waals surface area contributed by atoms with Gasteiger partial charge in [-0.25, -0.2) is 4.98 Å². The minimum absolute atomic E-state index is 0.0611. The highest BCUT2D eigenvalue weighted by Crippen LogP contribution is 2.38. The Labute approximate surface area is 227 Å². The molecule has 1 aromatic carbocycles. The number of Topliss-reactive ketones (excluding diaryl/α,β-unsaturated/α-hetero) is 1. The SMILES string of the molecule is CCC(=O)COc1cc2cc(Nc3nc(N4CCC5(CCNC5)CC4)ncc3Cl)ccc2n(C(C)C)c1=O. The number of rotatable bonds is 8. The van der Waals surface area contributed by atoms with Gasteiger partial charge in [0.05, 0.1) is 11.7 Å². The first-order chi connectivity index (χ1) is 18.3. The molecule has 0 unspecified atom stereocenters. The second-order valence-corrected chi connectivity index (χ2v) is 11.0. The summed E-state index contributed by atoms with van der Waals surface area (Å²) in [5.41, 5.74) is 1.71. The van der Waals surface area contributed by atoms with Crippen molar-refractivity contribution in [3.8, 4) is 5.75 Å². The molecule has 5 rings (SSSR count). The number of piperidine rings is 1. The van der Waals surface area contributed by atoms with Gasteiger partial charge >= 0.3 is 0 Å². The number of carbonyl (C=O) groups excluding carboxylic acids is 1. The lowest BCUT2D eigenvalue weighted by Gasteiger charge is -2.38. The van der Waals surface area contributed by atoms with Crippen molar-refractivity contribution in [3.63, 3.8) is 0 Å². The molecule has 0 aliphatic carbocycles. The van der Waals surface area contributed by atoms with E-state index in [4.69, 9.17) is 21.3 Å². The van der Waals surface area contributed by atoms with E-state index in [1.165, 1.54) is 6.42 Å². The predicted octanol–water partition coefficient (Wildman–Crippen LogP) is 4.71. The summed E-state index contributed by atoms with van der Waals surface area (Å²) in [6, 6.07) is 7.33. The summed E-state index contributed by atoms with van der Waals surface area (Å²) in [7, 11) is 0. The maximum absolute atomic E-state index is 13.1. The van der Waals surface area contributed by atoms with E-state index in [2.05, 4.69) is 20.5 Å². The summed E-state index contributed by atoms with van der Waals surface area (Å²) < 4.78 is 7.31. The number of aromatic nitrogens is 3. The summed E-state index contributed by atoms with van der Waals surface area (Å²) in [6.07, 6.45) is 5.50. The highest BCUT2D eigenvalue weighted by molar-refractivity contribution is 6.32. The predicted molar refractivity (Wildman–Crippen MR) is 151 cm³/mol. The number of anilines is 3. The minimum Gasteiger partial charge on any atom is -0.480 e. The second-order valence-electron chi connectivity index (χ2n) is 10.6. The Morgan fingerprint density at radius 3 is 2.71 bits per heavy atom. The Kier molecular flexibility index (Phi) is 7.59. The van der Waals surface area contributed by atoms with Crippen molar-refractivity contribution in [2.45, 2.75) is 52.5 Å². The van der Waals surface area contributed by atoms with Crippen LogP contribution in [0.25, 0.3) is 10.9 Å². The first-order valence-corrected chi connectivity index (χ1v) is 13.8. The molecule has 0 amide bonds. The Hall–Kier alpha value is -3.17. The van der Waals surface area contributed by atoms with Crippen molar-refractivity contribution in [1.82, 2.24) is 19.9 Å². The van der Waals surface area contributed by atoms with Gasteiger partial charge < -0.3 is 24.8 Å². The van der Waals surface area contributed by atoms with Crippen LogP contribution in [-0.2, 0) is 4.79 Å². The molecule has 202 valence electrons. The van der Waals surface area contributed by atoms with Gasteiger partial charge in [-0.05, 0) is 69.3 Å². The summed E-state index contributed by atoms with van der Waals surface area (Å²) >= 11 is 6.49. The molecule has 2 aliphatic heterocycles. The molecule has 3 aromatic rings. The lowest BCUT2D eigenvalue weighted by Crippen LogP contribution is -2.42. The number of nitrogens with zero attached hydrogens (tertiary/aromatic N) is 4. The number of pyridine rings is 1. The van der Waals surface area contributed by atoms with Gasteiger partial charge in [-0.2, -0.15) is 4.98 Å². The highest BCUT2D eigenvalue weighted by Gasteiger charge is 2.37. The quantitative estimate of drug-likeness (QED) is 0.425. The zero-order chi connectivity index (χ0) is 26.9. The Morgan fingerprint density at radius 1 is 1.24 bits per heavy atom. The van der Waals surface area contributed by atoms with Crippen molar-refractivity contribution in [2.24, 2.45) is 5.41 Å². The van der Waals surface area contributed by atoms with Crippen LogP contribution < -0.4 is 25.8 Å². The highest BCUT2D eigenvalue weighted by atomic mass is 35.5. The maximum Gasteiger partial charge on any atom is 0.293 e. The number of fused-ring (bicyclic) bond motifs is 1. The smallest absolute Gasteiger partial charge is 0.293 e. The van der Waals surface area contributed by atoms with E-state index in [9.17, 15) is 9.59 Å². The lowest BCUT2D eigenvalue weighted by molar-refractivity contribution is -0.120. The van der Waals surface area contributed by atoms with E-state index >= 15 is 0 Å². The number of ketones is 1. The number of hydrogen-bond acceptors (Lipinski definition) is 8. The molecule has 1 spiro atoms. The third-order valence-electron chi connectivity index (χ3n) is 7.74. The molecule has 2 aliphatic rings. The number of benzene rings is 1. The third-order valence-corrected chi connectivity index (χ3v) is 8.01. The molecule has 0 bridgehead atoms. The first-order valence-electron chi connectivity index (χ1n) is 13.4. The molecule has 0 saturated carbocycles. The van der Waals surface area contributed by atoms with Crippen LogP contribution in [-0.4, -0.2) is 53.1 Å². The van der Waals surface area contributed by atoms with Gasteiger partial charge in [-0.3, -0.25) is 9.59 Å². The fraction of sp³-hybridized carbons (Fsp3) is 0.500. The molecule has 2 fully saturated rings. The van der Waals surface area contributed by atoms with Gasteiger partial charge in [-0.15, -0.1) is 0 Å². The standard InChI is InChI=1S/C28H35ClN6O3/c1-4-21(36)16-38-24-14-19-13-20(5-6-23(19)35(18(2)3)26(24)37)32-25-22(29)15-31-27(33-25)34-11-8-28(9-12-34)7-10-30-17-28/h5-6,13-15,18,30H,4,7-12,16-17H2,1-3H3,(H,31,32,33). The van der Waals surface area contributed by atoms with Gasteiger partial charge in [0.25, 0.3) is 5.56 Å². The van der Waals surface area contributed by atoms with Crippen LogP contribution in [0, 0.1) is 5.41 Å². The van der Waals surface area contributed by atoms with Crippen LogP contribution in [0.2, 0.25) is 5.02 Å². The molecule has 0 radical (unpaired) electrons. The van der Waals surface area contributed by atoms with E-state index in [1.807, 2.05) is 32.0 Å². The average Bonchev–Trinajstić information content (AvgIpc) is 3.36. The minimum atomic E-state index is -0.253. The van der Waals surface area contributed by atoms with E-state index in [0.29, 0.717) is 28.6 Å². The van der Waals surface area contributed by atoms with Crippen LogP contribution in [0.1, 0.15) is 52.5 Å². The van der Waals surface area contributed by atoms with Crippen LogP contribution in [0.5, 0.6) is 5.75 Å². The van der Waals surface area contributed by atoms with Gasteiger partial charge in [0.1, 0.15) is 11.6 Å². The molecule has 2 aromatic heterocycles. The molecule has 10 heteroatoms. The summed E-state index contributed by atoms with van der Waals surface area (Å²) in [5.74, 6) is 1.30. The lowest BCUT2D eigenvalue weighted by atomic mass is 9.78. The van der Waals surface area contributed by atoms with Crippen molar-refractivity contribution < 1.29 is 9.53 Å². The Morgan fingerprint density at radius 2 is 2.03 bits per heavy atom. The van der Waals surface area contributed by atoms with Gasteiger partial charge in [0.15, 0.2) is 17.4 Å². The molecule has 9 nitrogen and oxygen atoms in total. The number of carbonyl (C=O) groups is 1. The number of nitrogens with one attached hydrogen (secondary N) is 2. The van der Waals surface area contributed by atoms with Crippen LogP contribution in [0.15, 0.2) is 35.3 Å². The molecular formula is C28H35ClN6O3. The third kappa shape index (κ3) is 5.35. The zero-order valence-electron chi connectivity index (χ0n) is 22.2. The van der Waals surface area contributed by atoms with Gasteiger partial charge in [0.2, 0.25) is 5.95 Å². The summed E-state index contributed by atoms with van der Waals surface area (Å²) in [4.78, 5) is 36.4. The second kappa shape index (κ2) is 10.9. The largest absolute Gasteiger partial charge is 0.480 e. The van der Waals surface area contributed by atoms with Crippen molar-refractivity contribution in [3.05, 3.63) is 45.8 Å². The van der Waals surface area contributed by atoms with Gasteiger partial charge in [-0.1, -0.05) is 18.5 Å². The van der Waals surface area contributed by atoms with Crippen LogP contribution in [0.4, 0.5) is 17.5 Å². The van der Waals surface area contributed by atoms with Gasteiger partial charge in [0, 0.05) is 43.2 Å². The molecule has 0 atom stereocenters. The van der Waals surface area contributed by atoms with E-state index in [-0.39, 0.29) is 29.7 Å². The van der Waals surface area contributed by atoms with E-state index < -0.39 is 0 Å². The fourth-order valence-electron chi connectivity index (χ4n) is 5.41. The first kappa shape index (κ1) is 26.4. The molecular weight excluding hydrogens is 504 g/mol. The molecule has 38 heavy (non-hydrogen) atoms. The van der Waals surface area contributed by atoms with Crippen molar-refractivity contribution in [2.75, 3.05) is 43.0 Å². The number of ether oxygens (including phenoxy) is 1. The Bertz CT molecular complexity index is 1390. The van der Waals surface area contributed by atoms with Crippen LogP contribution >= 0.6 is 11.6 Å². The number of hydrogen-bond donors (Lipinski definition) is 2. The topological polar surface area (TPSA) is 101 Å². The van der Waals surface area contributed by atoms with Crippen LogP contribution in [0.3, 0.4) is 0 Å². The van der Waals surface area contributed by atoms with E-state index in [0.717, 1.165) is 55.6 Å². The number of halogens is 1. The molecule has 4 heterocycles. The normalized spacial score (nSPS) is 16.9. The molecule has 2 saturated heterocycles. The zero-order valence-corrected chi connectivity index (χ0v) is 23.0. The molecule has 2 N–H and O–H groups in total. The summed E-state index contributed by atoms with van der Waals surface area (Å²) in [5, 5.41) is 8.07. The van der Waals surface area contributed by atoms with Crippen molar-refractivity contribution in [1.29, 1.82) is 0 Å². The van der Waals surface area contributed by atoms with E-state index in [1.54, 1.807) is 23.8 Å². The maximum atomic E-state index is 13.1.